The highest BCUT2D eigenvalue weighted by atomic mass is 16.3. The van der Waals surface area contributed by atoms with Crippen molar-refractivity contribution in [2.75, 3.05) is 0 Å². The summed E-state index contributed by atoms with van der Waals surface area (Å²) in [5.41, 5.74) is 3.04. The summed E-state index contributed by atoms with van der Waals surface area (Å²) in [6.07, 6.45) is 0.507. The summed E-state index contributed by atoms with van der Waals surface area (Å²) in [6.45, 7) is 9.90. The first-order valence-corrected chi connectivity index (χ1v) is 6.31. The van der Waals surface area contributed by atoms with Gasteiger partial charge in [0.05, 0.1) is 0 Å². The molecule has 0 aliphatic rings. The molecular weight excluding hydrogens is 224 g/mol. The van der Waals surface area contributed by atoms with Gasteiger partial charge in [-0.25, -0.2) is 0 Å². The van der Waals surface area contributed by atoms with Gasteiger partial charge in [0, 0.05) is 17.2 Å². The van der Waals surface area contributed by atoms with E-state index in [1.807, 2.05) is 12.1 Å². The predicted molar refractivity (Wildman–Crippen MR) is 74.0 cm³/mol. The van der Waals surface area contributed by atoms with Gasteiger partial charge in [-0.05, 0) is 38.5 Å². The number of carbonyl (C=O) groups excluding carboxylic acids is 1. The van der Waals surface area contributed by atoms with Crippen molar-refractivity contribution < 1.29 is 9.21 Å². The number of aryl methyl sites for hydroxylation is 2. The normalized spacial score (nSPS) is 12.1. The van der Waals surface area contributed by atoms with E-state index in [4.69, 9.17) is 4.42 Å². The van der Waals surface area contributed by atoms with Crippen LogP contribution in [0.1, 0.15) is 44.1 Å². The maximum atomic E-state index is 11.4. The number of benzene rings is 1. The standard InChI is InChI=1S/C16H20O2/c1-10-6-7-14-13(8-10)12(3)15(18-14)16(4,5)9-11(2)17/h6-8H,9H2,1-5H3. The average Bonchev–Trinajstić information content (AvgIpc) is 2.55. The van der Waals surface area contributed by atoms with E-state index in [9.17, 15) is 4.79 Å². The fraction of sp³-hybridized carbons (Fsp3) is 0.438. The lowest BCUT2D eigenvalue weighted by Crippen LogP contribution is -2.20. The minimum Gasteiger partial charge on any atom is -0.460 e. The summed E-state index contributed by atoms with van der Waals surface area (Å²) in [6, 6.07) is 6.19. The lowest BCUT2D eigenvalue weighted by molar-refractivity contribution is -0.118. The summed E-state index contributed by atoms with van der Waals surface area (Å²) in [7, 11) is 0. The fourth-order valence-corrected chi connectivity index (χ4v) is 2.68. The first kappa shape index (κ1) is 12.9. The predicted octanol–water partition coefficient (Wildman–Crippen LogP) is 4.31. The van der Waals surface area contributed by atoms with Crippen LogP contribution in [0.4, 0.5) is 0 Å². The second-order valence-corrected chi connectivity index (χ2v) is 5.82. The van der Waals surface area contributed by atoms with E-state index in [0.717, 1.165) is 22.3 Å². The number of carbonyl (C=O) groups is 1. The number of furan rings is 1. The zero-order valence-electron chi connectivity index (χ0n) is 11.8. The van der Waals surface area contributed by atoms with Crippen molar-refractivity contribution in [3.8, 4) is 0 Å². The molecule has 0 unspecified atom stereocenters. The molecule has 0 aliphatic heterocycles. The van der Waals surface area contributed by atoms with Crippen LogP contribution in [0.25, 0.3) is 11.0 Å². The van der Waals surface area contributed by atoms with Crippen LogP contribution in [0.15, 0.2) is 22.6 Å². The molecule has 96 valence electrons. The van der Waals surface area contributed by atoms with E-state index in [-0.39, 0.29) is 11.2 Å². The molecule has 2 nitrogen and oxygen atoms in total. The topological polar surface area (TPSA) is 30.2 Å². The molecule has 0 saturated heterocycles. The molecule has 0 fully saturated rings. The summed E-state index contributed by atoms with van der Waals surface area (Å²) >= 11 is 0. The maximum absolute atomic E-state index is 11.4. The quantitative estimate of drug-likeness (QED) is 0.805. The largest absolute Gasteiger partial charge is 0.460 e. The average molecular weight is 244 g/mol. The summed E-state index contributed by atoms with van der Waals surface area (Å²) < 4.78 is 5.97. The second-order valence-electron chi connectivity index (χ2n) is 5.82. The molecule has 2 rings (SSSR count). The van der Waals surface area contributed by atoms with Crippen LogP contribution in [0, 0.1) is 13.8 Å². The van der Waals surface area contributed by atoms with Gasteiger partial charge in [-0.2, -0.15) is 0 Å². The number of ketones is 1. The number of hydrogen-bond acceptors (Lipinski definition) is 2. The van der Waals surface area contributed by atoms with Crippen molar-refractivity contribution in [1.29, 1.82) is 0 Å². The monoisotopic (exact) mass is 244 g/mol. The van der Waals surface area contributed by atoms with Gasteiger partial charge in [0.15, 0.2) is 0 Å². The Bertz CT molecular complexity index is 603. The van der Waals surface area contributed by atoms with E-state index >= 15 is 0 Å². The SMILES string of the molecule is CC(=O)CC(C)(C)c1oc2ccc(C)cc2c1C. The van der Waals surface area contributed by atoms with Gasteiger partial charge < -0.3 is 4.42 Å². The molecule has 0 radical (unpaired) electrons. The molecule has 2 aromatic rings. The van der Waals surface area contributed by atoms with Crippen LogP contribution in [-0.4, -0.2) is 5.78 Å². The summed E-state index contributed by atoms with van der Waals surface area (Å²) in [5.74, 6) is 1.12. The summed E-state index contributed by atoms with van der Waals surface area (Å²) in [5, 5.41) is 1.15. The Morgan fingerprint density at radius 1 is 1.28 bits per heavy atom. The smallest absolute Gasteiger partial charge is 0.134 e. The van der Waals surface area contributed by atoms with Crippen molar-refractivity contribution in [1.82, 2.24) is 0 Å². The lowest BCUT2D eigenvalue weighted by Gasteiger charge is -2.21. The van der Waals surface area contributed by atoms with E-state index < -0.39 is 0 Å². The highest BCUT2D eigenvalue weighted by molar-refractivity contribution is 5.84. The molecule has 0 N–H and O–H groups in total. The van der Waals surface area contributed by atoms with Gasteiger partial charge in [-0.3, -0.25) is 4.79 Å². The number of fused-ring (bicyclic) bond motifs is 1. The third kappa shape index (κ3) is 2.20. The van der Waals surface area contributed by atoms with Gasteiger partial charge in [0.1, 0.15) is 17.1 Å². The van der Waals surface area contributed by atoms with E-state index in [2.05, 4.69) is 33.8 Å². The first-order chi connectivity index (χ1) is 8.31. The molecular formula is C16H20O2. The van der Waals surface area contributed by atoms with Crippen LogP contribution in [0.2, 0.25) is 0 Å². The van der Waals surface area contributed by atoms with Crippen LogP contribution in [-0.2, 0) is 10.2 Å². The van der Waals surface area contributed by atoms with Crippen molar-refractivity contribution in [2.24, 2.45) is 0 Å². The highest BCUT2D eigenvalue weighted by Crippen LogP contribution is 2.36. The van der Waals surface area contributed by atoms with E-state index in [0.29, 0.717) is 6.42 Å². The van der Waals surface area contributed by atoms with E-state index in [1.54, 1.807) is 6.92 Å². The first-order valence-electron chi connectivity index (χ1n) is 6.31. The fourth-order valence-electron chi connectivity index (χ4n) is 2.68. The molecule has 0 bridgehead atoms. The van der Waals surface area contributed by atoms with Crippen LogP contribution in [0.3, 0.4) is 0 Å². The van der Waals surface area contributed by atoms with Gasteiger partial charge in [0.25, 0.3) is 0 Å². The van der Waals surface area contributed by atoms with Crippen molar-refractivity contribution in [2.45, 2.75) is 46.5 Å². The lowest BCUT2D eigenvalue weighted by atomic mass is 9.83. The summed E-state index contributed by atoms with van der Waals surface area (Å²) in [4.78, 5) is 11.4. The van der Waals surface area contributed by atoms with Crippen LogP contribution < -0.4 is 0 Å². The van der Waals surface area contributed by atoms with Crippen molar-refractivity contribution in [3.63, 3.8) is 0 Å². The second kappa shape index (κ2) is 4.27. The minimum atomic E-state index is -0.247. The number of hydrogen-bond donors (Lipinski definition) is 0. The molecule has 0 aliphatic carbocycles. The molecule has 0 atom stereocenters. The third-order valence-corrected chi connectivity index (χ3v) is 3.40. The van der Waals surface area contributed by atoms with Crippen LogP contribution >= 0.6 is 0 Å². The van der Waals surface area contributed by atoms with Gasteiger partial charge in [-0.15, -0.1) is 0 Å². The van der Waals surface area contributed by atoms with Crippen molar-refractivity contribution in [3.05, 3.63) is 35.1 Å². The Hall–Kier alpha value is -1.57. The van der Waals surface area contributed by atoms with Crippen LogP contribution in [0.5, 0.6) is 0 Å². The molecule has 1 aromatic carbocycles. The van der Waals surface area contributed by atoms with Gasteiger partial charge in [0.2, 0.25) is 0 Å². The van der Waals surface area contributed by atoms with E-state index in [1.165, 1.54) is 5.56 Å². The maximum Gasteiger partial charge on any atom is 0.134 e. The molecule has 2 heteroatoms. The minimum absolute atomic E-state index is 0.191. The molecule has 1 heterocycles. The zero-order chi connectivity index (χ0) is 13.5. The molecule has 0 saturated carbocycles. The van der Waals surface area contributed by atoms with Gasteiger partial charge in [-0.1, -0.05) is 25.5 Å². The molecule has 0 amide bonds. The Morgan fingerprint density at radius 3 is 2.56 bits per heavy atom. The zero-order valence-corrected chi connectivity index (χ0v) is 11.8. The van der Waals surface area contributed by atoms with Crippen molar-refractivity contribution >= 4 is 16.8 Å². The Balaban J connectivity index is 2.58. The molecule has 0 spiro atoms. The Morgan fingerprint density at radius 2 is 1.94 bits per heavy atom. The molecule has 1 aromatic heterocycles. The number of Topliss-reactive ketones (excluding diaryl/α,β-unsaturated/α-hetero) is 1. The third-order valence-electron chi connectivity index (χ3n) is 3.40. The van der Waals surface area contributed by atoms with Gasteiger partial charge >= 0.3 is 0 Å². The molecule has 18 heavy (non-hydrogen) atoms. The Kier molecular flexibility index (Phi) is 3.05. The Labute approximate surface area is 108 Å². The highest BCUT2D eigenvalue weighted by Gasteiger charge is 2.29. The number of rotatable bonds is 3.